The molecule has 0 saturated carbocycles. The van der Waals surface area contributed by atoms with Crippen LogP contribution in [0, 0.1) is 0 Å². The number of halogens is 4. The third kappa shape index (κ3) is 6.26. The van der Waals surface area contributed by atoms with Crippen LogP contribution in [-0.4, -0.2) is 30.2 Å². The van der Waals surface area contributed by atoms with Crippen molar-refractivity contribution < 1.29 is 19.1 Å². The van der Waals surface area contributed by atoms with E-state index in [1.54, 1.807) is 43.5 Å². The average Bonchev–Trinajstić information content (AvgIpc) is 3.33. The molecular formula is C30H19BrCl3N3O4. The molecule has 0 radical (unpaired) electrons. The van der Waals surface area contributed by atoms with Crippen LogP contribution in [0.2, 0.25) is 15.1 Å². The third-order valence-corrected chi connectivity index (χ3v) is 7.44. The van der Waals surface area contributed by atoms with Gasteiger partial charge in [0.1, 0.15) is 17.2 Å². The number of hydrogen-bond acceptors (Lipinski definition) is 5. The van der Waals surface area contributed by atoms with Crippen LogP contribution in [0.25, 0.3) is 22.0 Å². The Morgan fingerprint density at radius 3 is 2.51 bits per heavy atom. The van der Waals surface area contributed by atoms with Crippen LogP contribution < -0.4 is 14.9 Å². The van der Waals surface area contributed by atoms with Crippen molar-refractivity contribution in [3.8, 4) is 22.6 Å². The van der Waals surface area contributed by atoms with Crippen LogP contribution in [0.3, 0.4) is 0 Å². The zero-order valence-corrected chi connectivity index (χ0v) is 25.0. The molecule has 0 aliphatic rings. The zero-order chi connectivity index (χ0) is 29.1. The Morgan fingerprint density at radius 2 is 1.76 bits per heavy atom. The Kier molecular flexibility index (Phi) is 8.65. The number of methoxy groups -OCH3 is 1. The van der Waals surface area contributed by atoms with Gasteiger partial charge >= 0.3 is 5.97 Å². The number of aromatic amines is 1. The van der Waals surface area contributed by atoms with Crippen LogP contribution in [-0.2, 0) is 0 Å². The summed E-state index contributed by atoms with van der Waals surface area (Å²) in [5, 5.41) is 5.93. The quantitative estimate of drug-likeness (QED) is 0.0785. The first-order valence-electron chi connectivity index (χ1n) is 12.0. The number of rotatable bonds is 7. The number of esters is 1. The Hall–Kier alpha value is -3.82. The molecule has 5 aromatic rings. The number of aromatic nitrogens is 1. The maximum absolute atomic E-state index is 13.4. The summed E-state index contributed by atoms with van der Waals surface area (Å²) in [5.74, 6) is -0.346. The topological polar surface area (TPSA) is 92.8 Å². The Balaban J connectivity index is 1.44. The van der Waals surface area contributed by atoms with Crippen molar-refractivity contribution >= 4 is 79.7 Å². The molecule has 1 aromatic heterocycles. The molecule has 7 nitrogen and oxygen atoms in total. The van der Waals surface area contributed by atoms with E-state index in [0.717, 1.165) is 10.9 Å². The summed E-state index contributed by atoms with van der Waals surface area (Å²) < 4.78 is 11.7. The number of fused-ring (bicyclic) bond motifs is 1. The van der Waals surface area contributed by atoms with Gasteiger partial charge in [0.2, 0.25) is 0 Å². The number of benzene rings is 4. The van der Waals surface area contributed by atoms with Gasteiger partial charge in [0.15, 0.2) is 0 Å². The predicted molar refractivity (Wildman–Crippen MR) is 166 cm³/mol. The van der Waals surface area contributed by atoms with Gasteiger partial charge in [-0.1, -0.05) is 68.9 Å². The summed E-state index contributed by atoms with van der Waals surface area (Å²) in [6.07, 6.45) is 1.37. The van der Waals surface area contributed by atoms with Gasteiger partial charge in [0, 0.05) is 42.1 Å². The van der Waals surface area contributed by atoms with Crippen molar-refractivity contribution in [1.82, 2.24) is 10.4 Å². The number of amides is 1. The van der Waals surface area contributed by atoms with Gasteiger partial charge in [-0.05, 0) is 60.7 Å². The molecule has 0 fully saturated rings. The highest BCUT2D eigenvalue weighted by molar-refractivity contribution is 9.10. The van der Waals surface area contributed by atoms with Gasteiger partial charge in [-0.3, -0.25) is 4.79 Å². The highest BCUT2D eigenvalue weighted by Crippen LogP contribution is 2.38. The summed E-state index contributed by atoms with van der Waals surface area (Å²) in [6, 6.07) is 22.2. The van der Waals surface area contributed by atoms with E-state index in [2.05, 4.69) is 31.4 Å². The molecule has 1 amide bonds. The maximum Gasteiger partial charge on any atom is 0.345 e. The molecule has 206 valence electrons. The first-order valence-corrected chi connectivity index (χ1v) is 13.9. The number of hydrogen-bond donors (Lipinski definition) is 2. The van der Waals surface area contributed by atoms with E-state index in [1.807, 2.05) is 30.3 Å². The standard InChI is InChI=1S/C30H19BrCl3N3O4/c1-40-19-8-10-25-22(14-19)27(20-4-2-3-5-23(20)33)28(36-25)29(38)37-35-15-16-12-17(31)6-11-26(16)41-30(39)21-9-7-18(32)13-24(21)34/h2-15,36H,1H3,(H,37,38). The smallest absolute Gasteiger partial charge is 0.345 e. The number of H-pyrrole nitrogens is 1. The highest BCUT2D eigenvalue weighted by atomic mass is 79.9. The van der Waals surface area contributed by atoms with Crippen LogP contribution >= 0.6 is 50.7 Å². The molecule has 0 atom stereocenters. The number of nitrogens with zero attached hydrogens (tertiary/aromatic N) is 1. The maximum atomic E-state index is 13.4. The molecule has 0 saturated heterocycles. The van der Waals surface area contributed by atoms with Crippen LogP contribution in [0.5, 0.6) is 11.5 Å². The van der Waals surface area contributed by atoms with Crippen molar-refractivity contribution in [2.75, 3.05) is 7.11 Å². The van der Waals surface area contributed by atoms with Crippen LogP contribution in [0.1, 0.15) is 26.4 Å². The molecule has 5 rings (SSSR count). The first-order chi connectivity index (χ1) is 19.7. The number of nitrogens with one attached hydrogen (secondary N) is 2. The van der Waals surface area contributed by atoms with Gasteiger partial charge in [0.05, 0.1) is 23.9 Å². The largest absolute Gasteiger partial charge is 0.497 e. The average molecular weight is 672 g/mol. The molecule has 2 N–H and O–H groups in total. The monoisotopic (exact) mass is 669 g/mol. The second kappa shape index (κ2) is 12.4. The van der Waals surface area contributed by atoms with Gasteiger partial charge < -0.3 is 14.5 Å². The molecule has 0 unspecified atom stereocenters. The highest BCUT2D eigenvalue weighted by Gasteiger charge is 2.21. The normalized spacial score (nSPS) is 11.1. The fourth-order valence-electron chi connectivity index (χ4n) is 4.15. The summed E-state index contributed by atoms with van der Waals surface area (Å²) in [6.45, 7) is 0. The molecule has 4 aromatic carbocycles. The summed E-state index contributed by atoms with van der Waals surface area (Å²) in [4.78, 5) is 29.3. The number of carbonyl (C=O) groups is 2. The zero-order valence-electron chi connectivity index (χ0n) is 21.2. The molecule has 0 aliphatic carbocycles. The molecule has 41 heavy (non-hydrogen) atoms. The molecule has 11 heteroatoms. The minimum Gasteiger partial charge on any atom is -0.497 e. The summed E-state index contributed by atoms with van der Waals surface area (Å²) >= 11 is 22.0. The minimum atomic E-state index is -0.675. The SMILES string of the molecule is COc1ccc2[nH]c(C(=O)NN=Cc3cc(Br)ccc3OC(=O)c3ccc(Cl)cc3Cl)c(-c3ccccc3Cl)c2c1. The molecular weight excluding hydrogens is 653 g/mol. The fraction of sp³-hybridized carbons (Fsp3) is 0.0333. The second-order valence-corrected chi connectivity index (χ2v) is 10.8. The first kappa shape index (κ1) is 28.7. The van der Waals surface area contributed by atoms with E-state index < -0.39 is 11.9 Å². The molecule has 0 bridgehead atoms. The van der Waals surface area contributed by atoms with Crippen LogP contribution in [0.15, 0.2) is 88.4 Å². The van der Waals surface area contributed by atoms with E-state index in [9.17, 15) is 9.59 Å². The van der Waals surface area contributed by atoms with E-state index in [1.165, 1.54) is 18.3 Å². The lowest BCUT2D eigenvalue weighted by molar-refractivity contribution is 0.0734. The lowest BCUT2D eigenvalue weighted by Crippen LogP contribution is -2.19. The van der Waals surface area contributed by atoms with Crippen molar-refractivity contribution in [2.24, 2.45) is 5.10 Å². The lowest BCUT2D eigenvalue weighted by Gasteiger charge is -2.09. The van der Waals surface area contributed by atoms with Gasteiger partial charge in [-0.15, -0.1) is 0 Å². The van der Waals surface area contributed by atoms with Gasteiger partial charge in [-0.2, -0.15) is 5.10 Å². The number of carbonyl (C=O) groups excluding carboxylic acids is 2. The predicted octanol–water partition coefficient (Wildman–Crippen LogP) is 8.55. The Morgan fingerprint density at radius 1 is 0.951 bits per heavy atom. The summed E-state index contributed by atoms with van der Waals surface area (Å²) in [7, 11) is 1.57. The lowest BCUT2D eigenvalue weighted by atomic mass is 10.0. The van der Waals surface area contributed by atoms with E-state index in [0.29, 0.717) is 37.0 Å². The molecule has 0 spiro atoms. The van der Waals surface area contributed by atoms with Crippen LogP contribution in [0.4, 0.5) is 0 Å². The Bertz CT molecular complexity index is 1840. The minimum absolute atomic E-state index is 0.151. The van der Waals surface area contributed by atoms with Crippen molar-refractivity contribution in [2.45, 2.75) is 0 Å². The van der Waals surface area contributed by atoms with Crippen molar-refractivity contribution in [3.05, 3.63) is 115 Å². The van der Waals surface area contributed by atoms with E-state index in [-0.39, 0.29) is 22.0 Å². The van der Waals surface area contributed by atoms with Gasteiger partial charge in [0.25, 0.3) is 5.91 Å². The third-order valence-electron chi connectivity index (χ3n) is 6.07. The van der Waals surface area contributed by atoms with E-state index in [4.69, 9.17) is 44.3 Å². The Labute approximate surface area is 258 Å². The van der Waals surface area contributed by atoms with Crippen molar-refractivity contribution in [1.29, 1.82) is 0 Å². The fourth-order valence-corrected chi connectivity index (χ4v) is 5.25. The second-order valence-electron chi connectivity index (χ2n) is 8.66. The number of ether oxygens (including phenoxy) is 2. The number of hydrazone groups is 1. The molecule has 0 aliphatic heterocycles. The molecule has 1 heterocycles. The van der Waals surface area contributed by atoms with Gasteiger partial charge in [-0.25, -0.2) is 10.2 Å². The summed E-state index contributed by atoms with van der Waals surface area (Å²) in [5.41, 5.74) is 5.38. The van der Waals surface area contributed by atoms with Crippen molar-refractivity contribution in [3.63, 3.8) is 0 Å². The van der Waals surface area contributed by atoms with E-state index >= 15 is 0 Å².